The number of carbonyl (C=O) groups excluding carboxylic acids is 1. The van der Waals surface area contributed by atoms with E-state index in [1.54, 1.807) is 6.08 Å². The molecule has 1 aromatic rings. The van der Waals surface area contributed by atoms with Crippen LogP contribution in [0.1, 0.15) is 36.6 Å². The molecule has 0 spiro atoms. The molecule has 2 atom stereocenters. The van der Waals surface area contributed by atoms with Crippen molar-refractivity contribution in [3.63, 3.8) is 0 Å². The molecule has 4 aliphatic rings. The lowest BCUT2D eigenvalue weighted by atomic mass is 9.98. The minimum atomic E-state index is -0.312. The smallest absolute Gasteiger partial charge is 0.342 e. The van der Waals surface area contributed by atoms with Gasteiger partial charge < -0.3 is 9.47 Å². The lowest BCUT2D eigenvalue weighted by molar-refractivity contribution is -0.132. The van der Waals surface area contributed by atoms with Crippen LogP contribution in [0.3, 0.4) is 0 Å². The summed E-state index contributed by atoms with van der Waals surface area (Å²) in [7, 11) is 0. The van der Waals surface area contributed by atoms with Gasteiger partial charge in [0.05, 0.1) is 22.2 Å². The van der Waals surface area contributed by atoms with E-state index in [4.69, 9.17) is 14.5 Å². The first-order valence-corrected chi connectivity index (χ1v) is 9.98. The molecule has 5 rings (SSSR count). The maximum Gasteiger partial charge on any atom is 0.342 e. The van der Waals surface area contributed by atoms with Crippen molar-refractivity contribution in [3.05, 3.63) is 69.1 Å². The fraction of sp³-hybridized carbons (Fsp3) is 0.286. The summed E-state index contributed by atoms with van der Waals surface area (Å²) >= 11 is 1.49. The van der Waals surface area contributed by atoms with Crippen LogP contribution in [-0.4, -0.2) is 29.9 Å². The Morgan fingerprint density at radius 1 is 1.26 bits per heavy atom. The molecule has 3 heterocycles. The molecule has 0 amide bonds. The number of fused-ring (bicyclic) bond motifs is 1. The highest BCUT2D eigenvalue weighted by atomic mass is 32.1. The molecule has 136 valence electrons. The molecule has 0 fully saturated rings. The predicted octanol–water partition coefficient (Wildman–Crippen LogP) is 4.08. The fourth-order valence-electron chi connectivity index (χ4n) is 3.61. The van der Waals surface area contributed by atoms with Crippen LogP contribution in [0.4, 0.5) is 0 Å². The molecule has 5 nitrogen and oxygen atoms in total. The normalized spacial score (nSPS) is 26.4. The van der Waals surface area contributed by atoms with Crippen molar-refractivity contribution in [1.29, 1.82) is 0 Å². The average molecular weight is 378 g/mol. The molecule has 0 bridgehead atoms. The number of rotatable bonds is 2. The zero-order chi connectivity index (χ0) is 18.4. The van der Waals surface area contributed by atoms with Crippen molar-refractivity contribution in [2.24, 2.45) is 9.98 Å². The number of esters is 1. The van der Waals surface area contributed by atoms with Gasteiger partial charge in [-0.15, -0.1) is 11.3 Å². The van der Waals surface area contributed by atoms with Gasteiger partial charge in [0.1, 0.15) is 6.10 Å². The molecule has 0 N–H and O–H groups in total. The molecule has 2 aliphatic carbocycles. The topological polar surface area (TPSA) is 60.2 Å². The number of allylic oxidation sites excluding steroid dienone is 4. The van der Waals surface area contributed by atoms with Crippen molar-refractivity contribution >= 4 is 29.1 Å². The van der Waals surface area contributed by atoms with Crippen LogP contribution in [0.25, 0.3) is 0 Å². The van der Waals surface area contributed by atoms with E-state index in [0.29, 0.717) is 17.4 Å². The van der Waals surface area contributed by atoms with Crippen LogP contribution in [0.5, 0.6) is 0 Å². The summed E-state index contributed by atoms with van der Waals surface area (Å²) in [6.07, 6.45) is 12.6. The number of hydrogen-bond donors (Lipinski definition) is 0. The number of carbonyl (C=O) groups is 1. The minimum Gasteiger partial charge on any atom is -0.469 e. The number of aliphatic imine (C=N–C) groups is 2. The molecular weight excluding hydrogens is 360 g/mol. The van der Waals surface area contributed by atoms with Gasteiger partial charge in [-0.1, -0.05) is 24.3 Å². The largest absolute Gasteiger partial charge is 0.469 e. The highest BCUT2D eigenvalue weighted by Gasteiger charge is 2.31. The lowest BCUT2D eigenvalue weighted by Gasteiger charge is -2.26. The molecule has 6 heteroatoms. The summed E-state index contributed by atoms with van der Waals surface area (Å²) in [6.45, 7) is 2.05. The van der Waals surface area contributed by atoms with Crippen molar-refractivity contribution in [3.8, 4) is 0 Å². The highest BCUT2D eigenvalue weighted by Crippen LogP contribution is 2.31. The molecule has 0 aromatic carbocycles. The summed E-state index contributed by atoms with van der Waals surface area (Å²) < 4.78 is 11.5. The highest BCUT2D eigenvalue weighted by molar-refractivity contribution is 7.12. The molecular formula is C21H18N2O3S. The second-order valence-corrected chi connectivity index (χ2v) is 7.76. The van der Waals surface area contributed by atoms with E-state index in [-0.39, 0.29) is 18.1 Å². The van der Waals surface area contributed by atoms with E-state index in [9.17, 15) is 4.79 Å². The summed E-state index contributed by atoms with van der Waals surface area (Å²) in [5.74, 6) is 0.703. The van der Waals surface area contributed by atoms with E-state index in [0.717, 1.165) is 41.0 Å². The van der Waals surface area contributed by atoms with Crippen molar-refractivity contribution < 1.29 is 14.3 Å². The van der Waals surface area contributed by atoms with Gasteiger partial charge in [0, 0.05) is 16.5 Å². The number of cyclic esters (lactones) is 1. The van der Waals surface area contributed by atoms with Gasteiger partial charge in [-0.2, -0.15) is 0 Å². The van der Waals surface area contributed by atoms with E-state index >= 15 is 0 Å². The van der Waals surface area contributed by atoms with Gasteiger partial charge in [0.15, 0.2) is 0 Å². The molecule has 0 radical (unpaired) electrons. The van der Waals surface area contributed by atoms with Crippen LogP contribution < -0.4 is 0 Å². The molecule has 0 saturated heterocycles. The zero-order valence-corrected chi connectivity index (χ0v) is 15.7. The van der Waals surface area contributed by atoms with E-state index in [2.05, 4.69) is 17.1 Å². The van der Waals surface area contributed by atoms with E-state index in [1.807, 2.05) is 30.5 Å². The Morgan fingerprint density at radius 3 is 3.11 bits per heavy atom. The van der Waals surface area contributed by atoms with Crippen LogP contribution in [0.2, 0.25) is 0 Å². The van der Waals surface area contributed by atoms with Gasteiger partial charge in [0.25, 0.3) is 0 Å². The van der Waals surface area contributed by atoms with Gasteiger partial charge in [-0.05, 0) is 38.3 Å². The zero-order valence-electron chi connectivity index (χ0n) is 14.8. The molecule has 1 aromatic heterocycles. The summed E-state index contributed by atoms with van der Waals surface area (Å²) in [6, 6.07) is 1.79. The number of ether oxygens (including phenoxy) is 2. The Kier molecular flexibility index (Phi) is 3.93. The van der Waals surface area contributed by atoms with Gasteiger partial charge in [0.2, 0.25) is 11.8 Å². The van der Waals surface area contributed by atoms with Gasteiger partial charge >= 0.3 is 5.97 Å². The molecule has 27 heavy (non-hydrogen) atoms. The Morgan fingerprint density at radius 2 is 2.19 bits per heavy atom. The maximum absolute atomic E-state index is 12.3. The third-order valence-electron chi connectivity index (χ3n) is 5.03. The SMILES string of the molecule is CC1OC(c2csc(C3=NC4CC=CC=C4C(=O)O3)c2)=NC2=C1C=CCC2. The summed E-state index contributed by atoms with van der Waals surface area (Å²) in [5, 5.41) is 1.98. The van der Waals surface area contributed by atoms with Crippen LogP contribution >= 0.6 is 11.3 Å². The molecule has 2 unspecified atom stereocenters. The number of thiophene rings is 1. The van der Waals surface area contributed by atoms with Crippen LogP contribution in [-0.2, 0) is 14.3 Å². The third kappa shape index (κ3) is 2.90. The second kappa shape index (κ2) is 6.46. The Bertz CT molecular complexity index is 1010. The minimum absolute atomic E-state index is 0.0148. The standard InChI is InChI=1S/C21H18N2O3S/c1-12-14-6-2-4-8-16(14)22-19(25-12)13-10-18(27-11-13)20-23-17-9-5-3-7-15(17)21(24)26-20/h2-3,5-7,10-12,17H,4,8-9H2,1H3. The van der Waals surface area contributed by atoms with Crippen LogP contribution in [0, 0.1) is 0 Å². The monoisotopic (exact) mass is 378 g/mol. The average Bonchev–Trinajstić information content (AvgIpc) is 3.18. The quantitative estimate of drug-likeness (QED) is 0.729. The lowest BCUT2D eigenvalue weighted by Crippen LogP contribution is -2.29. The van der Waals surface area contributed by atoms with Gasteiger partial charge in [-0.3, -0.25) is 0 Å². The second-order valence-electron chi connectivity index (χ2n) is 6.85. The van der Waals surface area contributed by atoms with Crippen molar-refractivity contribution in [1.82, 2.24) is 0 Å². The number of hydrogen-bond acceptors (Lipinski definition) is 6. The van der Waals surface area contributed by atoms with Gasteiger partial charge in [-0.25, -0.2) is 14.8 Å². The van der Waals surface area contributed by atoms with Crippen molar-refractivity contribution in [2.45, 2.75) is 38.3 Å². The summed E-state index contributed by atoms with van der Waals surface area (Å²) in [5.41, 5.74) is 3.78. The Balaban J connectivity index is 1.45. The first-order chi connectivity index (χ1) is 13.2. The Hall–Kier alpha value is -2.73. The number of nitrogens with zero attached hydrogens (tertiary/aromatic N) is 2. The third-order valence-corrected chi connectivity index (χ3v) is 5.95. The fourth-order valence-corrected chi connectivity index (χ4v) is 4.42. The summed E-state index contributed by atoms with van der Waals surface area (Å²) in [4.78, 5) is 22.4. The molecule has 0 saturated carbocycles. The van der Waals surface area contributed by atoms with E-state index in [1.165, 1.54) is 11.3 Å². The van der Waals surface area contributed by atoms with Crippen LogP contribution in [0.15, 0.2) is 68.7 Å². The first-order valence-electron chi connectivity index (χ1n) is 9.10. The van der Waals surface area contributed by atoms with Crippen molar-refractivity contribution in [2.75, 3.05) is 0 Å². The predicted molar refractivity (Wildman–Crippen MR) is 105 cm³/mol. The maximum atomic E-state index is 12.3. The first kappa shape index (κ1) is 16.4. The Labute approximate surface area is 161 Å². The van der Waals surface area contributed by atoms with E-state index < -0.39 is 0 Å². The molecule has 2 aliphatic heterocycles.